The maximum absolute atomic E-state index is 14.2. The van der Waals surface area contributed by atoms with Crippen LogP contribution in [0.3, 0.4) is 0 Å². The van der Waals surface area contributed by atoms with E-state index in [2.05, 4.69) is 24.5 Å². The summed E-state index contributed by atoms with van der Waals surface area (Å²) in [5, 5.41) is 6.38. The van der Waals surface area contributed by atoms with Gasteiger partial charge < -0.3 is 10.6 Å². The van der Waals surface area contributed by atoms with Crippen molar-refractivity contribution in [1.82, 2.24) is 5.32 Å². The minimum absolute atomic E-state index is 0.117. The predicted octanol–water partition coefficient (Wildman–Crippen LogP) is 3.39. The third kappa shape index (κ3) is 2.76. The lowest BCUT2D eigenvalue weighted by Crippen LogP contribution is -2.34. The van der Waals surface area contributed by atoms with E-state index < -0.39 is 0 Å². The highest BCUT2D eigenvalue weighted by molar-refractivity contribution is 6.01. The van der Waals surface area contributed by atoms with Crippen LogP contribution in [0.5, 0.6) is 0 Å². The average Bonchev–Trinajstić information content (AvgIpc) is 3.14. The molecular weight excluding hydrogens is 279 g/mol. The molecule has 22 heavy (non-hydrogen) atoms. The lowest BCUT2D eigenvalue weighted by atomic mass is 9.74. The first-order chi connectivity index (χ1) is 10.5. The van der Waals surface area contributed by atoms with Crippen molar-refractivity contribution in [3.63, 3.8) is 0 Å². The molecule has 2 heterocycles. The van der Waals surface area contributed by atoms with Gasteiger partial charge in [-0.1, -0.05) is 13.8 Å². The van der Waals surface area contributed by atoms with Crippen molar-refractivity contribution in [3.05, 3.63) is 29.1 Å². The van der Waals surface area contributed by atoms with Crippen molar-refractivity contribution in [2.45, 2.75) is 39.5 Å². The van der Waals surface area contributed by atoms with Gasteiger partial charge in [-0.2, -0.15) is 0 Å². The molecule has 0 saturated carbocycles. The zero-order valence-electron chi connectivity index (χ0n) is 13.5. The number of fused-ring (bicyclic) bond motifs is 1. The molecular formula is C18H25FN2O. The lowest BCUT2D eigenvalue weighted by Gasteiger charge is -2.28. The van der Waals surface area contributed by atoms with Crippen molar-refractivity contribution in [2.24, 2.45) is 11.3 Å². The Balaban J connectivity index is 1.89. The second-order valence-corrected chi connectivity index (χ2v) is 7.14. The first kappa shape index (κ1) is 15.5. The fourth-order valence-corrected chi connectivity index (χ4v) is 3.65. The largest absolute Gasteiger partial charge is 0.382 e. The number of carbonyl (C=O) groups is 1. The molecule has 120 valence electrons. The number of anilines is 1. The van der Waals surface area contributed by atoms with E-state index in [4.69, 9.17) is 0 Å². The Hall–Kier alpha value is -1.42. The van der Waals surface area contributed by atoms with Gasteiger partial charge in [0, 0.05) is 24.1 Å². The number of Topliss-reactive ketones (excluding diaryl/α,β-unsaturated/α-hetero) is 1. The van der Waals surface area contributed by atoms with Crippen LogP contribution in [0.4, 0.5) is 10.1 Å². The van der Waals surface area contributed by atoms with Gasteiger partial charge in [0.2, 0.25) is 0 Å². The van der Waals surface area contributed by atoms with Gasteiger partial charge in [0.25, 0.3) is 0 Å². The van der Waals surface area contributed by atoms with E-state index in [1.54, 1.807) is 0 Å². The number of hydrogen-bond acceptors (Lipinski definition) is 3. The molecule has 3 nitrogen and oxygen atoms in total. The fourth-order valence-electron chi connectivity index (χ4n) is 3.65. The number of benzene rings is 1. The van der Waals surface area contributed by atoms with Crippen molar-refractivity contribution in [2.75, 3.05) is 25.0 Å². The summed E-state index contributed by atoms with van der Waals surface area (Å²) in [6, 6.07) is 3.32. The van der Waals surface area contributed by atoms with Crippen molar-refractivity contribution >= 4 is 11.5 Å². The molecule has 1 aromatic carbocycles. The molecule has 0 aliphatic carbocycles. The second kappa shape index (κ2) is 5.99. The molecule has 2 aliphatic rings. The highest BCUT2D eigenvalue weighted by atomic mass is 19.1. The molecule has 0 aromatic heterocycles. The summed E-state index contributed by atoms with van der Waals surface area (Å²) in [6.07, 6.45) is 3.57. The van der Waals surface area contributed by atoms with Crippen LogP contribution in [-0.2, 0) is 6.42 Å². The molecule has 0 amide bonds. The Morgan fingerprint density at radius 2 is 2.18 bits per heavy atom. The van der Waals surface area contributed by atoms with Crippen LogP contribution in [0, 0.1) is 17.2 Å². The molecule has 3 rings (SSSR count). The van der Waals surface area contributed by atoms with E-state index in [0.29, 0.717) is 17.2 Å². The summed E-state index contributed by atoms with van der Waals surface area (Å²) in [6.45, 7) is 6.71. The van der Waals surface area contributed by atoms with Gasteiger partial charge >= 0.3 is 0 Å². The first-order valence-electron chi connectivity index (χ1n) is 8.34. The van der Waals surface area contributed by atoms with E-state index in [9.17, 15) is 9.18 Å². The molecule has 0 radical (unpaired) electrons. The van der Waals surface area contributed by atoms with Gasteiger partial charge in [0.15, 0.2) is 5.78 Å². The van der Waals surface area contributed by atoms with Gasteiger partial charge in [-0.3, -0.25) is 4.79 Å². The summed E-state index contributed by atoms with van der Waals surface area (Å²) in [5.41, 5.74) is 1.72. The Kier molecular flexibility index (Phi) is 4.22. The number of ketones is 1. The van der Waals surface area contributed by atoms with Gasteiger partial charge in [0.05, 0.1) is 5.69 Å². The van der Waals surface area contributed by atoms with Gasteiger partial charge in [0.1, 0.15) is 5.82 Å². The normalized spacial score (nSPS) is 23.6. The molecule has 1 saturated heterocycles. The molecule has 1 unspecified atom stereocenters. The molecule has 0 bridgehead atoms. The summed E-state index contributed by atoms with van der Waals surface area (Å²) in [5.74, 6) is 0.404. The van der Waals surface area contributed by atoms with E-state index in [-0.39, 0.29) is 17.0 Å². The smallest absolute Gasteiger partial charge is 0.170 e. The Labute approximate surface area is 131 Å². The highest BCUT2D eigenvalue weighted by Crippen LogP contribution is 2.37. The Morgan fingerprint density at radius 3 is 2.86 bits per heavy atom. The van der Waals surface area contributed by atoms with Crippen molar-refractivity contribution < 1.29 is 9.18 Å². The van der Waals surface area contributed by atoms with Gasteiger partial charge in [-0.15, -0.1) is 0 Å². The van der Waals surface area contributed by atoms with E-state index in [0.717, 1.165) is 50.9 Å². The average molecular weight is 304 g/mol. The quantitative estimate of drug-likeness (QED) is 0.819. The van der Waals surface area contributed by atoms with Crippen LogP contribution in [0.2, 0.25) is 0 Å². The molecule has 1 atom stereocenters. The van der Waals surface area contributed by atoms with Crippen LogP contribution in [-0.4, -0.2) is 25.4 Å². The Morgan fingerprint density at radius 1 is 1.36 bits per heavy atom. The third-order valence-electron chi connectivity index (χ3n) is 5.06. The fraction of sp³-hybridized carbons (Fsp3) is 0.611. The lowest BCUT2D eigenvalue weighted by molar-refractivity contribution is 0.0794. The third-order valence-corrected chi connectivity index (χ3v) is 5.06. The topological polar surface area (TPSA) is 41.1 Å². The molecule has 1 aromatic rings. The van der Waals surface area contributed by atoms with E-state index >= 15 is 0 Å². The van der Waals surface area contributed by atoms with Crippen LogP contribution in [0.15, 0.2) is 12.1 Å². The highest BCUT2D eigenvalue weighted by Gasteiger charge is 2.41. The SMILES string of the molecule is CC(C)CCC1(C(=O)c2cc(F)c3c(c2)CCN3)CCNC1. The van der Waals surface area contributed by atoms with E-state index in [1.807, 2.05) is 6.07 Å². The number of rotatable bonds is 5. The summed E-state index contributed by atoms with van der Waals surface area (Å²) < 4.78 is 14.2. The standard InChI is InChI=1S/C18H25FN2O/c1-12(2)3-5-18(6-8-20-11-18)17(22)14-9-13-4-7-21-16(13)15(19)10-14/h9-10,12,20-21H,3-8,11H2,1-2H3. The predicted molar refractivity (Wildman–Crippen MR) is 86.9 cm³/mol. The monoisotopic (exact) mass is 304 g/mol. The number of nitrogens with one attached hydrogen (secondary N) is 2. The number of halogens is 1. The maximum atomic E-state index is 14.2. The summed E-state index contributed by atoms with van der Waals surface area (Å²) >= 11 is 0. The van der Waals surface area contributed by atoms with Gasteiger partial charge in [-0.25, -0.2) is 4.39 Å². The minimum atomic E-state index is -0.350. The van der Waals surface area contributed by atoms with Crippen LogP contribution < -0.4 is 10.6 Å². The number of hydrogen-bond donors (Lipinski definition) is 2. The van der Waals surface area contributed by atoms with Crippen LogP contribution in [0.1, 0.15) is 49.0 Å². The summed E-state index contributed by atoms with van der Waals surface area (Å²) in [4.78, 5) is 13.1. The van der Waals surface area contributed by atoms with Crippen molar-refractivity contribution in [3.8, 4) is 0 Å². The zero-order chi connectivity index (χ0) is 15.7. The number of carbonyl (C=O) groups excluding carboxylic acids is 1. The second-order valence-electron chi connectivity index (χ2n) is 7.14. The van der Waals surface area contributed by atoms with Crippen molar-refractivity contribution in [1.29, 1.82) is 0 Å². The van der Waals surface area contributed by atoms with Gasteiger partial charge in [-0.05, 0) is 55.8 Å². The maximum Gasteiger partial charge on any atom is 0.170 e. The van der Waals surface area contributed by atoms with Crippen LogP contribution >= 0.6 is 0 Å². The molecule has 2 aliphatic heterocycles. The molecule has 0 spiro atoms. The minimum Gasteiger partial charge on any atom is -0.382 e. The van der Waals surface area contributed by atoms with E-state index in [1.165, 1.54) is 6.07 Å². The zero-order valence-corrected chi connectivity index (χ0v) is 13.5. The molecule has 4 heteroatoms. The molecule has 2 N–H and O–H groups in total. The first-order valence-corrected chi connectivity index (χ1v) is 8.34. The van der Waals surface area contributed by atoms with Crippen LogP contribution in [0.25, 0.3) is 0 Å². The molecule has 1 fully saturated rings. The summed E-state index contributed by atoms with van der Waals surface area (Å²) in [7, 11) is 0. The Bertz CT molecular complexity index is 577.